The minimum Gasteiger partial charge on any atom is -0.360 e. The zero-order valence-electron chi connectivity index (χ0n) is 19.9. The van der Waals surface area contributed by atoms with E-state index in [9.17, 15) is 18.2 Å². The third kappa shape index (κ3) is 4.74. The number of nitrogens with one attached hydrogen (secondary N) is 3. The zero-order valence-corrected chi connectivity index (χ0v) is 21.6. The number of aromatic nitrogens is 3. The number of benzene rings is 1. The Labute approximate surface area is 199 Å². The molecule has 1 atom stereocenters. The van der Waals surface area contributed by atoms with Gasteiger partial charge in [-0.05, 0) is 46.1 Å². The highest BCUT2D eigenvalue weighted by Gasteiger charge is 2.28. The molecule has 0 saturated carbocycles. The molecule has 1 aliphatic rings. The molecule has 0 aliphatic carbocycles. The van der Waals surface area contributed by atoms with Gasteiger partial charge in [0.15, 0.2) is 9.84 Å². The number of H-pyrrole nitrogens is 1. The second-order valence-corrected chi connectivity index (χ2v) is 15.0. The third-order valence-corrected chi connectivity index (χ3v) is 8.81. The Kier molecular flexibility index (Phi) is 6.09. The van der Waals surface area contributed by atoms with Crippen LogP contribution in [0.25, 0.3) is 22.2 Å². The smallest absolute Gasteiger partial charge is 0.223 e. The van der Waals surface area contributed by atoms with Crippen LogP contribution in [0.15, 0.2) is 29.4 Å². The summed E-state index contributed by atoms with van der Waals surface area (Å²) in [7, 11) is -6.44. The lowest BCUT2D eigenvalue weighted by Crippen LogP contribution is -2.50. The number of nitriles is 1. The van der Waals surface area contributed by atoms with Crippen LogP contribution in [0, 0.1) is 11.3 Å². The molecule has 34 heavy (non-hydrogen) atoms. The number of sulfone groups is 1. The van der Waals surface area contributed by atoms with Crippen molar-refractivity contribution in [3.8, 4) is 17.3 Å². The van der Waals surface area contributed by atoms with Crippen molar-refractivity contribution in [2.45, 2.75) is 43.2 Å². The van der Waals surface area contributed by atoms with Crippen molar-refractivity contribution in [3.63, 3.8) is 0 Å². The second kappa shape index (κ2) is 8.49. The summed E-state index contributed by atoms with van der Waals surface area (Å²) in [6.45, 7) is 8.28. The first-order chi connectivity index (χ1) is 15.8. The predicted octanol–water partition coefficient (Wildman–Crippen LogP) is 3.09. The lowest BCUT2D eigenvalue weighted by atomic mass is 9.91. The quantitative estimate of drug-likeness (QED) is 0.454. The van der Waals surface area contributed by atoms with E-state index in [1.54, 1.807) is 31.7 Å². The van der Waals surface area contributed by atoms with Gasteiger partial charge in [-0.15, -0.1) is 0 Å². The van der Waals surface area contributed by atoms with E-state index in [0.717, 1.165) is 25.6 Å². The Bertz CT molecular complexity index is 1460. The van der Waals surface area contributed by atoms with Crippen LogP contribution in [0.4, 0.5) is 5.95 Å². The van der Waals surface area contributed by atoms with Gasteiger partial charge >= 0.3 is 0 Å². The summed E-state index contributed by atoms with van der Waals surface area (Å²) >= 11 is 0. The molecule has 0 bridgehead atoms. The maximum absolute atomic E-state index is 13.0. The van der Waals surface area contributed by atoms with Gasteiger partial charge in [0.2, 0.25) is 5.95 Å². The Morgan fingerprint density at radius 2 is 2.03 bits per heavy atom. The van der Waals surface area contributed by atoms with Crippen molar-refractivity contribution in [3.05, 3.63) is 30.1 Å². The highest BCUT2D eigenvalue weighted by atomic mass is 32.2. The molecule has 0 radical (unpaired) electrons. The van der Waals surface area contributed by atoms with Crippen LogP contribution in [0.5, 0.6) is 0 Å². The van der Waals surface area contributed by atoms with E-state index in [1.807, 2.05) is 0 Å². The summed E-state index contributed by atoms with van der Waals surface area (Å²) < 4.78 is 38.1. The molecule has 0 amide bonds. The fourth-order valence-corrected chi connectivity index (χ4v) is 6.54. The number of hydrogen-bond acceptors (Lipinski definition) is 8. The first-order valence-electron chi connectivity index (χ1n) is 11.0. The van der Waals surface area contributed by atoms with Crippen LogP contribution < -0.4 is 15.9 Å². The molecule has 1 fully saturated rings. The molecule has 3 heterocycles. The van der Waals surface area contributed by atoms with Crippen LogP contribution in [-0.2, 0) is 14.4 Å². The molecule has 4 rings (SSSR count). The number of rotatable bonds is 5. The lowest BCUT2D eigenvalue weighted by Gasteiger charge is -2.36. The summed E-state index contributed by atoms with van der Waals surface area (Å²) in [5.74, 6) is 0.341. The summed E-state index contributed by atoms with van der Waals surface area (Å²) in [6, 6.07) is 5.57. The van der Waals surface area contributed by atoms with Crippen molar-refractivity contribution < 1.29 is 13.0 Å². The molecule has 1 saturated heterocycles. The molecule has 9 nitrogen and oxygen atoms in total. The first kappa shape index (κ1) is 24.4. The van der Waals surface area contributed by atoms with Crippen LogP contribution in [0.3, 0.4) is 0 Å². The minimum atomic E-state index is -3.63. The van der Waals surface area contributed by atoms with Crippen molar-refractivity contribution in [2.75, 3.05) is 31.4 Å². The Morgan fingerprint density at radius 1 is 1.29 bits per heavy atom. The predicted molar refractivity (Wildman–Crippen MR) is 135 cm³/mol. The van der Waals surface area contributed by atoms with Gasteiger partial charge in [0.25, 0.3) is 0 Å². The SMILES string of the molecule is CC1(C)CC[C@H](Nc2ncc(S(C)(=O)=O)c(-c3c[nH]c4c(P(C)(C)=O)c(C#N)ccc34)n2)CN1. The van der Waals surface area contributed by atoms with Crippen LogP contribution >= 0.6 is 7.14 Å². The molecule has 11 heteroatoms. The Morgan fingerprint density at radius 3 is 2.62 bits per heavy atom. The number of piperidine rings is 1. The van der Waals surface area contributed by atoms with E-state index in [0.29, 0.717) is 33.3 Å². The minimum absolute atomic E-state index is 0.00365. The van der Waals surface area contributed by atoms with Gasteiger partial charge in [0.1, 0.15) is 12.0 Å². The zero-order chi connectivity index (χ0) is 24.9. The molecular weight excluding hydrogens is 471 g/mol. The van der Waals surface area contributed by atoms with Gasteiger partial charge in [-0.1, -0.05) is 6.07 Å². The second-order valence-electron chi connectivity index (χ2n) is 9.87. The average molecular weight is 501 g/mol. The van der Waals surface area contributed by atoms with E-state index >= 15 is 0 Å². The lowest BCUT2D eigenvalue weighted by molar-refractivity contribution is 0.289. The largest absolute Gasteiger partial charge is 0.360 e. The normalized spacial score (nSPS) is 18.5. The number of aromatic amines is 1. The number of anilines is 1. The summed E-state index contributed by atoms with van der Waals surface area (Å²) in [5.41, 5.74) is 1.76. The monoisotopic (exact) mass is 500 g/mol. The van der Waals surface area contributed by atoms with E-state index in [2.05, 4.69) is 45.5 Å². The van der Waals surface area contributed by atoms with Crippen LogP contribution in [-0.4, -0.2) is 61.1 Å². The van der Waals surface area contributed by atoms with E-state index in [1.165, 1.54) is 6.20 Å². The fourth-order valence-electron chi connectivity index (χ4n) is 4.36. The molecular formula is C23H29N6O3PS. The van der Waals surface area contributed by atoms with E-state index < -0.39 is 17.0 Å². The maximum atomic E-state index is 13.0. The van der Waals surface area contributed by atoms with Gasteiger partial charge < -0.3 is 20.2 Å². The topological polar surface area (TPSA) is 141 Å². The molecule has 1 aromatic carbocycles. The molecule has 3 aromatic rings. The van der Waals surface area contributed by atoms with Crippen LogP contribution in [0.1, 0.15) is 32.3 Å². The summed E-state index contributed by atoms with van der Waals surface area (Å²) in [4.78, 5) is 12.0. The molecule has 0 spiro atoms. The Hall–Kier alpha value is -2.73. The first-order valence-corrected chi connectivity index (χ1v) is 15.5. The molecule has 3 N–H and O–H groups in total. The van der Waals surface area contributed by atoms with Crippen LogP contribution in [0.2, 0.25) is 0 Å². The van der Waals surface area contributed by atoms with Crippen molar-refractivity contribution in [1.82, 2.24) is 20.3 Å². The summed E-state index contributed by atoms with van der Waals surface area (Å²) in [5, 5.41) is 17.5. The molecule has 1 aliphatic heterocycles. The van der Waals surface area contributed by atoms with E-state index in [-0.39, 0.29) is 22.2 Å². The number of hydrogen-bond donors (Lipinski definition) is 3. The molecule has 2 aromatic heterocycles. The Balaban J connectivity index is 1.84. The van der Waals surface area contributed by atoms with Gasteiger partial charge in [-0.3, -0.25) is 0 Å². The van der Waals surface area contributed by atoms with Crippen molar-refractivity contribution in [2.24, 2.45) is 0 Å². The van der Waals surface area contributed by atoms with Crippen molar-refractivity contribution in [1.29, 1.82) is 5.26 Å². The standard InChI is InChI=1S/C23H29N6O3PS/c1-23(2)9-8-15(11-27-23)28-22-26-13-18(34(5,31)32)19(29-22)17-12-25-20-16(17)7-6-14(10-24)21(20)33(3,4)30/h6-7,12-13,15,25,27H,8-9,11H2,1-5H3,(H,26,28,29)/t15-/m0/s1. The number of fused-ring (bicyclic) bond motifs is 1. The molecule has 180 valence electrons. The fraction of sp³-hybridized carbons (Fsp3) is 0.435. The van der Waals surface area contributed by atoms with Crippen molar-refractivity contribution >= 4 is 39.1 Å². The summed E-state index contributed by atoms with van der Waals surface area (Å²) in [6.07, 6.45) is 6.02. The van der Waals surface area contributed by atoms with E-state index in [4.69, 9.17) is 0 Å². The molecule has 0 unspecified atom stereocenters. The van der Waals surface area contributed by atoms with Gasteiger partial charge in [-0.25, -0.2) is 18.4 Å². The third-order valence-electron chi connectivity index (χ3n) is 6.18. The highest BCUT2D eigenvalue weighted by Crippen LogP contribution is 2.41. The van der Waals surface area contributed by atoms with Gasteiger partial charge in [0, 0.05) is 41.5 Å². The maximum Gasteiger partial charge on any atom is 0.223 e. The van der Waals surface area contributed by atoms with Gasteiger partial charge in [-0.2, -0.15) is 5.26 Å². The average Bonchev–Trinajstić information content (AvgIpc) is 3.16. The highest BCUT2D eigenvalue weighted by molar-refractivity contribution is 7.90. The van der Waals surface area contributed by atoms with Gasteiger partial charge in [0.05, 0.1) is 34.3 Å². The number of nitrogens with zero attached hydrogens (tertiary/aromatic N) is 3.